The van der Waals surface area contributed by atoms with Gasteiger partial charge >= 0.3 is 0 Å². The summed E-state index contributed by atoms with van der Waals surface area (Å²) >= 11 is 0. The lowest BCUT2D eigenvalue weighted by molar-refractivity contribution is 0.201. The molecule has 4 unspecified atom stereocenters. The minimum Gasteiger partial charge on any atom is -0.314 e. The van der Waals surface area contributed by atoms with Crippen LogP contribution in [0.15, 0.2) is 30.3 Å². The maximum Gasteiger partial charge on any atom is 0.00683 e. The molecule has 0 amide bonds. The fourth-order valence-electron chi connectivity index (χ4n) is 4.43. The summed E-state index contributed by atoms with van der Waals surface area (Å²) in [6.07, 6.45) is 10.2. The van der Waals surface area contributed by atoms with Crippen LogP contribution in [0.5, 0.6) is 0 Å². The molecule has 4 rings (SSSR count). The van der Waals surface area contributed by atoms with Crippen LogP contribution in [0.2, 0.25) is 0 Å². The number of nitrogens with one attached hydrogen (secondary N) is 1. The van der Waals surface area contributed by atoms with Crippen LogP contribution in [0.25, 0.3) is 0 Å². The standard InChI is InChI=1S/C19H27N/c1-2-6-14(7-3-1)18-12-19(18)17-9-5-4-8-15(17)13-20-16-10-11-16/h1-3,6-7,15-20H,4-5,8-13H2. The third kappa shape index (κ3) is 2.79. The van der Waals surface area contributed by atoms with Gasteiger partial charge in [0.05, 0.1) is 0 Å². The van der Waals surface area contributed by atoms with Crippen LogP contribution in [0, 0.1) is 17.8 Å². The van der Waals surface area contributed by atoms with Crippen LogP contribution in [0.4, 0.5) is 0 Å². The zero-order valence-corrected chi connectivity index (χ0v) is 12.4. The molecule has 0 radical (unpaired) electrons. The molecule has 3 fully saturated rings. The van der Waals surface area contributed by atoms with Gasteiger partial charge in [0, 0.05) is 6.04 Å². The number of hydrogen-bond acceptors (Lipinski definition) is 1. The van der Waals surface area contributed by atoms with Gasteiger partial charge in [-0.05, 0) is 67.9 Å². The third-order valence-electron chi connectivity index (χ3n) is 5.83. The van der Waals surface area contributed by atoms with Gasteiger partial charge < -0.3 is 5.32 Å². The lowest BCUT2D eigenvalue weighted by atomic mass is 9.75. The predicted octanol–water partition coefficient (Wildman–Crippen LogP) is 4.35. The largest absolute Gasteiger partial charge is 0.314 e. The highest BCUT2D eigenvalue weighted by atomic mass is 14.9. The molecule has 0 bridgehead atoms. The maximum absolute atomic E-state index is 3.79. The van der Waals surface area contributed by atoms with Gasteiger partial charge in [-0.2, -0.15) is 0 Å². The smallest absolute Gasteiger partial charge is 0.00683 e. The van der Waals surface area contributed by atoms with E-state index in [2.05, 4.69) is 35.6 Å². The first kappa shape index (κ1) is 12.9. The van der Waals surface area contributed by atoms with Gasteiger partial charge in [-0.25, -0.2) is 0 Å². The second-order valence-corrected chi connectivity index (χ2v) is 7.31. The Morgan fingerprint density at radius 1 is 0.900 bits per heavy atom. The van der Waals surface area contributed by atoms with Crippen molar-refractivity contribution < 1.29 is 0 Å². The monoisotopic (exact) mass is 269 g/mol. The fourth-order valence-corrected chi connectivity index (χ4v) is 4.43. The van der Waals surface area contributed by atoms with E-state index >= 15 is 0 Å². The van der Waals surface area contributed by atoms with Crippen LogP contribution in [-0.2, 0) is 0 Å². The molecular weight excluding hydrogens is 242 g/mol. The van der Waals surface area contributed by atoms with Crippen LogP contribution in [-0.4, -0.2) is 12.6 Å². The lowest BCUT2D eigenvalue weighted by Gasteiger charge is -2.32. The molecule has 3 aliphatic carbocycles. The Hall–Kier alpha value is -0.820. The summed E-state index contributed by atoms with van der Waals surface area (Å²) in [6, 6.07) is 12.1. The van der Waals surface area contributed by atoms with E-state index < -0.39 is 0 Å². The molecule has 3 aliphatic rings. The first-order chi connectivity index (χ1) is 9.92. The SMILES string of the molecule is c1ccc(C2CC2C2CCCCC2CNC2CC2)cc1. The zero-order valence-electron chi connectivity index (χ0n) is 12.4. The van der Waals surface area contributed by atoms with Gasteiger partial charge in [-0.3, -0.25) is 0 Å². The van der Waals surface area contributed by atoms with E-state index in [9.17, 15) is 0 Å². The van der Waals surface area contributed by atoms with Crippen molar-refractivity contribution in [2.24, 2.45) is 17.8 Å². The topological polar surface area (TPSA) is 12.0 Å². The molecule has 1 heteroatoms. The first-order valence-electron chi connectivity index (χ1n) is 8.70. The summed E-state index contributed by atoms with van der Waals surface area (Å²) in [5, 5.41) is 3.79. The van der Waals surface area contributed by atoms with Gasteiger partial charge in [-0.1, -0.05) is 43.2 Å². The van der Waals surface area contributed by atoms with Crippen LogP contribution in [0.3, 0.4) is 0 Å². The minimum atomic E-state index is 0.877. The first-order valence-corrected chi connectivity index (χ1v) is 8.70. The van der Waals surface area contributed by atoms with Crippen molar-refractivity contribution in [1.29, 1.82) is 0 Å². The van der Waals surface area contributed by atoms with Crippen LogP contribution >= 0.6 is 0 Å². The lowest BCUT2D eigenvalue weighted by Crippen LogP contribution is -2.32. The molecular formula is C19H27N. The molecule has 108 valence electrons. The Bertz CT molecular complexity index is 436. The van der Waals surface area contributed by atoms with Gasteiger partial charge in [0.25, 0.3) is 0 Å². The van der Waals surface area contributed by atoms with Gasteiger partial charge in [0.15, 0.2) is 0 Å². The molecule has 0 aromatic heterocycles. The Morgan fingerprint density at radius 3 is 2.50 bits per heavy atom. The summed E-state index contributed by atoms with van der Waals surface area (Å²) in [4.78, 5) is 0. The van der Waals surface area contributed by atoms with Crippen LogP contribution in [0.1, 0.15) is 56.4 Å². The molecule has 0 heterocycles. The second-order valence-electron chi connectivity index (χ2n) is 7.31. The van der Waals surface area contributed by atoms with Crippen molar-refractivity contribution in [3.8, 4) is 0 Å². The highest BCUT2D eigenvalue weighted by molar-refractivity contribution is 5.26. The van der Waals surface area contributed by atoms with E-state index in [4.69, 9.17) is 0 Å². The highest BCUT2D eigenvalue weighted by Gasteiger charge is 2.46. The Labute approximate surface area is 123 Å². The molecule has 1 nitrogen and oxygen atoms in total. The van der Waals surface area contributed by atoms with Gasteiger partial charge in [0.1, 0.15) is 0 Å². The molecule has 20 heavy (non-hydrogen) atoms. The maximum atomic E-state index is 3.79. The summed E-state index contributed by atoms with van der Waals surface area (Å²) in [5.41, 5.74) is 1.59. The van der Waals surface area contributed by atoms with Crippen molar-refractivity contribution in [2.75, 3.05) is 6.54 Å². The number of hydrogen-bond donors (Lipinski definition) is 1. The van der Waals surface area contributed by atoms with E-state index in [0.717, 1.165) is 29.7 Å². The summed E-state index contributed by atoms with van der Waals surface area (Å²) in [5.74, 6) is 3.83. The summed E-state index contributed by atoms with van der Waals surface area (Å²) in [7, 11) is 0. The molecule has 4 atom stereocenters. The number of benzene rings is 1. The average molecular weight is 269 g/mol. The predicted molar refractivity (Wildman–Crippen MR) is 83.8 cm³/mol. The number of rotatable bonds is 5. The van der Waals surface area contributed by atoms with E-state index in [1.165, 1.54) is 51.5 Å². The van der Waals surface area contributed by atoms with E-state index in [1.807, 2.05) is 0 Å². The Kier molecular flexibility index (Phi) is 3.56. The second kappa shape index (κ2) is 5.52. The summed E-state index contributed by atoms with van der Waals surface area (Å²) < 4.78 is 0. The van der Waals surface area contributed by atoms with Gasteiger partial charge in [-0.15, -0.1) is 0 Å². The molecule has 0 aliphatic heterocycles. The van der Waals surface area contributed by atoms with Crippen molar-refractivity contribution in [3.05, 3.63) is 35.9 Å². The molecule has 0 spiro atoms. The van der Waals surface area contributed by atoms with E-state index in [-0.39, 0.29) is 0 Å². The fraction of sp³-hybridized carbons (Fsp3) is 0.684. The Morgan fingerprint density at radius 2 is 1.70 bits per heavy atom. The molecule has 3 saturated carbocycles. The van der Waals surface area contributed by atoms with Crippen molar-refractivity contribution in [2.45, 2.75) is 56.9 Å². The van der Waals surface area contributed by atoms with Crippen molar-refractivity contribution in [1.82, 2.24) is 5.32 Å². The summed E-state index contributed by atoms with van der Waals surface area (Å²) in [6.45, 7) is 1.30. The average Bonchev–Trinajstić information content (AvgIpc) is 3.40. The molecule has 1 N–H and O–H groups in total. The molecule has 1 aromatic rings. The van der Waals surface area contributed by atoms with Crippen LogP contribution < -0.4 is 5.32 Å². The molecule has 1 aromatic carbocycles. The quantitative estimate of drug-likeness (QED) is 0.838. The third-order valence-corrected chi connectivity index (χ3v) is 5.83. The van der Waals surface area contributed by atoms with E-state index in [0.29, 0.717) is 0 Å². The Balaban J connectivity index is 1.38. The normalized spacial score (nSPS) is 36.8. The van der Waals surface area contributed by atoms with Gasteiger partial charge in [0.2, 0.25) is 0 Å². The zero-order chi connectivity index (χ0) is 13.4. The van der Waals surface area contributed by atoms with Crippen molar-refractivity contribution >= 4 is 0 Å². The van der Waals surface area contributed by atoms with E-state index in [1.54, 1.807) is 5.56 Å². The molecule has 0 saturated heterocycles. The highest BCUT2D eigenvalue weighted by Crippen LogP contribution is 2.56. The van der Waals surface area contributed by atoms with Crippen molar-refractivity contribution in [3.63, 3.8) is 0 Å². The minimum absolute atomic E-state index is 0.877.